The smallest absolute Gasteiger partial charge is 0.254 e. The van der Waals surface area contributed by atoms with E-state index in [4.69, 9.17) is 4.52 Å². The van der Waals surface area contributed by atoms with Crippen LogP contribution in [-0.2, 0) is 12.3 Å². The molecule has 1 amide bonds. The highest BCUT2D eigenvalue weighted by Gasteiger charge is 2.15. The molecule has 3 aromatic heterocycles. The van der Waals surface area contributed by atoms with Crippen LogP contribution in [0.3, 0.4) is 0 Å². The molecule has 0 aliphatic carbocycles. The summed E-state index contributed by atoms with van der Waals surface area (Å²) in [6.45, 7) is 5.28. The first-order chi connectivity index (χ1) is 14.6. The van der Waals surface area contributed by atoms with Gasteiger partial charge in [0.15, 0.2) is 0 Å². The number of amides is 1. The molecule has 3 heterocycles. The van der Waals surface area contributed by atoms with Crippen molar-refractivity contribution in [3.8, 4) is 0 Å². The Morgan fingerprint density at radius 3 is 2.87 bits per heavy atom. The third-order valence-electron chi connectivity index (χ3n) is 5.09. The number of nitrogens with zero attached hydrogens (tertiary/aromatic N) is 3. The SMILES string of the molecule is Cc1noc(C)c1CSc1ncccc1C(=O)NCCCn1ccc2ccccc21. The molecule has 30 heavy (non-hydrogen) atoms. The second-order valence-electron chi connectivity index (χ2n) is 7.12. The Morgan fingerprint density at radius 2 is 2.03 bits per heavy atom. The first-order valence-electron chi connectivity index (χ1n) is 9.95. The zero-order valence-corrected chi connectivity index (χ0v) is 17.9. The molecular weight excluding hydrogens is 396 g/mol. The molecule has 0 aliphatic heterocycles. The number of para-hydroxylation sites is 1. The van der Waals surface area contributed by atoms with E-state index in [1.54, 1.807) is 12.3 Å². The second-order valence-corrected chi connectivity index (χ2v) is 8.09. The lowest BCUT2D eigenvalue weighted by Gasteiger charge is -2.10. The van der Waals surface area contributed by atoms with Crippen LogP contribution in [0.5, 0.6) is 0 Å². The van der Waals surface area contributed by atoms with E-state index < -0.39 is 0 Å². The lowest BCUT2D eigenvalue weighted by molar-refractivity contribution is 0.0949. The van der Waals surface area contributed by atoms with Gasteiger partial charge in [0.05, 0.1) is 11.3 Å². The van der Waals surface area contributed by atoms with E-state index in [0.717, 1.165) is 30.0 Å². The number of carbonyl (C=O) groups is 1. The van der Waals surface area contributed by atoms with Crippen LogP contribution >= 0.6 is 11.8 Å². The van der Waals surface area contributed by atoms with Gasteiger partial charge in [-0.3, -0.25) is 4.79 Å². The van der Waals surface area contributed by atoms with Crippen molar-refractivity contribution in [2.45, 2.75) is 37.6 Å². The van der Waals surface area contributed by atoms with E-state index in [0.29, 0.717) is 22.9 Å². The van der Waals surface area contributed by atoms with Gasteiger partial charge in [-0.2, -0.15) is 0 Å². The molecule has 0 saturated carbocycles. The largest absolute Gasteiger partial charge is 0.361 e. The molecule has 0 spiro atoms. The van der Waals surface area contributed by atoms with Crippen molar-refractivity contribution >= 4 is 28.6 Å². The highest BCUT2D eigenvalue weighted by atomic mass is 32.2. The number of benzene rings is 1. The summed E-state index contributed by atoms with van der Waals surface area (Å²) in [5.74, 6) is 1.38. The normalized spacial score (nSPS) is 11.1. The highest BCUT2D eigenvalue weighted by molar-refractivity contribution is 7.98. The zero-order valence-electron chi connectivity index (χ0n) is 17.1. The number of aromatic nitrogens is 3. The third kappa shape index (κ3) is 4.41. The Labute approximate surface area is 179 Å². The van der Waals surface area contributed by atoms with Gasteiger partial charge in [0.1, 0.15) is 10.8 Å². The van der Waals surface area contributed by atoms with Crippen molar-refractivity contribution in [2.75, 3.05) is 6.54 Å². The summed E-state index contributed by atoms with van der Waals surface area (Å²) in [6.07, 6.45) is 4.66. The lowest BCUT2D eigenvalue weighted by Crippen LogP contribution is -2.26. The molecule has 0 radical (unpaired) electrons. The summed E-state index contributed by atoms with van der Waals surface area (Å²) in [6, 6.07) is 14.0. The standard InChI is InChI=1S/C23H24N4O2S/c1-16-20(17(2)29-26-16)15-30-23-19(8-5-11-25-23)22(28)24-12-6-13-27-14-10-18-7-3-4-9-21(18)27/h3-5,7-11,14H,6,12-13,15H2,1-2H3,(H,24,28). The van der Waals surface area contributed by atoms with Gasteiger partial charge >= 0.3 is 0 Å². The van der Waals surface area contributed by atoms with Crippen LogP contribution in [0.1, 0.15) is 33.8 Å². The Balaban J connectivity index is 1.33. The Kier molecular flexibility index (Phi) is 6.18. The van der Waals surface area contributed by atoms with Crippen molar-refractivity contribution < 1.29 is 9.32 Å². The fourth-order valence-corrected chi connectivity index (χ4v) is 4.55. The minimum absolute atomic E-state index is 0.0956. The lowest BCUT2D eigenvalue weighted by atomic mass is 10.2. The first kappa shape index (κ1) is 20.2. The minimum atomic E-state index is -0.0956. The molecular formula is C23H24N4O2S. The van der Waals surface area contributed by atoms with Gasteiger partial charge in [-0.1, -0.05) is 23.4 Å². The minimum Gasteiger partial charge on any atom is -0.361 e. The predicted octanol–water partition coefficient (Wildman–Crippen LogP) is 4.75. The summed E-state index contributed by atoms with van der Waals surface area (Å²) in [5.41, 5.74) is 3.74. The number of thioether (sulfide) groups is 1. The molecule has 6 nitrogen and oxygen atoms in total. The summed E-state index contributed by atoms with van der Waals surface area (Å²) in [5, 5.41) is 8.96. The molecule has 1 aromatic carbocycles. The molecule has 0 bridgehead atoms. The number of pyridine rings is 1. The molecule has 0 atom stereocenters. The van der Waals surface area contributed by atoms with Gasteiger partial charge in [-0.05, 0) is 49.9 Å². The van der Waals surface area contributed by atoms with Crippen LogP contribution in [0.2, 0.25) is 0 Å². The fourth-order valence-electron chi connectivity index (χ4n) is 3.41. The Morgan fingerprint density at radius 1 is 1.17 bits per heavy atom. The molecule has 7 heteroatoms. The summed E-state index contributed by atoms with van der Waals surface area (Å²) >= 11 is 1.52. The molecule has 154 valence electrons. The average molecular weight is 421 g/mol. The number of hydrogen-bond donors (Lipinski definition) is 1. The molecule has 4 aromatic rings. The van der Waals surface area contributed by atoms with Crippen molar-refractivity contribution in [3.05, 3.63) is 77.4 Å². The number of rotatable bonds is 8. The van der Waals surface area contributed by atoms with Crippen molar-refractivity contribution in [2.24, 2.45) is 0 Å². The van der Waals surface area contributed by atoms with Crippen molar-refractivity contribution in [3.63, 3.8) is 0 Å². The second kappa shape index (κ2) is 9.17. The van der Waals surface area contributed by atoms with Crippen LogP contribution in [0.4, 0.5) is 0 Å². The maximum absolute atomic E-state index is 12.7. The molecule has 4 rings (SSSR count). The van der Waals surface area contributed by atoms with E-state index >= 15 is 0 Å². The monoisotopic (exact) mass is 420 g/mol. The number of fused-ring (bicyclic) bond motifs is 1. The van der Waals surface area contributed by atoms with Crippen LogP contribution in [0.15, 0.2) is 64.4 Å². The van der Waals surface area contributed by atoms with E-state index in [1.807, 2.05) is 32.0 Å². The van der Waals surface area contributed by atoms with E-state index in [9.17, 15) is 4.79 Å². The van der Waals surface area contributed by atoms with Gasteiger partial charge in [0.25, 0.3) is 5.91 Å². The van der Waals surface area contributed by atoms with Crippen LogP contribution in [0, 0.1) is 13.8 Å². The third-order valence-corrected chi connectivity index (χ3v) is 6.12. The van der Waals surface area contributed by atoms with Gasteiger partial charge in [-0.15, -0.1) is 11.8 Å². The van der Waals surface area contributed by atoms with Crippen molar-refractivity contribution in [1.82, 2.24) is 20.0 Å². The van der Waals surface area contributed by atoms with E-state index in [1.165, 1.54) is 22.7 Å². The quantitative estimate of drug-likeness (QED) is 0.329. The van der Waals surface area contributed by atoms with E-state index in [2.05, 4.69) is 44.4 Å². The van der Waals surface area contributed by atoms with Crippen LogP contribution in [0.25, 0.3) is 10.9 Å². The molecule has 0 fully saturated rings. The van der Waals surface area contributed by atoms with Crippen LogP contribution < -0.4 is 5.32 Å². The van der Waals surface area contributed by atoms with E-state index in [-0.39, 0.29) is 5.91 Å². The number of aryl methyl sites for hydroxylation is 3. The van der Waals surface area contributed by atoms with Gasteiger partial charge in [0, 0.05) is 42.3 Å². The summed E-state index contributed by atoms with van der Waals surface area (Å²) in [4.78, 5) is 17.1. The summed E-state index contributed by atoms with van der Waals surface area (Å²) < 4.78 is 7.44. The molecule has 1 N–H and O–H groups in total. The predicted molar refractivity (Wildman–Crippen MR) is 119 cm³/mol. The summed E-state index contributed by atoms with van der Waals surface area (Å²) in [7, 11) is 0. The molecule has 0 unspecified atom stereocenters. The molecule has 0 aliphatic rings. The van der Waals surface area contributed by atoms with Crippen molar-refractivity contribution in [1.29, 1.82) is 0 Å². The number of nitrogens with one attached hydrogen (secondary N) is 1. The average Bonchev–Trinajstić information content (AvgIpc) is 3.32. The van der Waals surface area contributed by atoms with Gasteiger partial charge < -0.3 is 14.4 Å². The maximum atomic E-state index is 12.7. The maximum Gasteiger partial charge on any atom is 0.254 e. The van der Waals surface area contributed by atoms with Gasteiger partial charge in [0.2, 0.25) is 0 Å². The van der Waals surface area contributed by atoms with Crippen LogP contribution in [-0.4, -0.2) is 27.2 Å². The molecule has 0 saturated heterocycles. The number of hydrogen-bond acceptors (Lipinski definition) is 5. The first-order valence-corrected chi connectivity index (χ1v) is 10.9. The van der Waals surface area contributed by atoms with Gasteiger partial charge in [-0.25, -0.2) is 4.98 Å². The number of carbonyl (C=O) groups excluding carboxylic acids is 1. The fraction of sp³-hybridized carbons (Fsp3) is 0.261. The Hall–Kier alpha value is -3.06. The highest BCUT2D eigenvalue weighted by Crippen LogP contribution is 2.27. The Bertz CT molecular complexity index is 1150. The topological polar surface area (TPSA) is 72.9 Å². The zero-order chi connectivity index (χ0) is 20.9.